The molecule has 8 heteroatoms. The number of hydrogen-bond donors (Lipinski definition) is 3. The molecule has 1 aliphatic rings. The normalized spacial score (nSPS) is 17.2. The van der Waals surface area contributed by atoms with E-state index >= 15 is 0 Å². The Morgan fingerprint density at radius 1 is 1.36 bits per heavy atom. The number of amides is 2. The number of thiophene rings is 1. The molecule has 2 aromatic heterocycles. The Bertz CT molecular complexity index is 693. The van der Waals surface area contributed by atoms with Crippen LogP contribution in [0.3, 0.4) is 0 Å². The Balaban J connectivity index is 1.39. The van der Waals surface area contributed by atoms with Crippen molar-refractivity contribution < 1.29 is 9.59 Å². The van der Waals surface area contributed by atoms with Crippen LogP contribution in [0.5, 0.6) is 0 Å². The zero-order valence-corrected chi connectivity index (χ0v) is 15.5. The van der Waals surface area contributed by atoms with Gasteiger partial charge in [-0.15, -0.1) is 22.7 Å². The third-order valence-electron chi connectivity index (χ3n) is 4.13. The van der Waals surface area contributed by atoms with Crippen molar-refractivity contribution in [3.63, 3.8) is 0 Å². The maximum atomic E-state index is 12.0. The smallest absolute Gasteiger partial charge is 0.267 e. The van der Waals surface area contributed by atoms with Gasteiger partial charge in [-0.05, 0) is 49.7 Å². The van der Waals surface area contributed by atoms with E-state index in [1.54, 1.807) is 6.07 Å². The van der Waals surface area contributed by atoms with E-state index in [9.17, 15) is 9.59 Å². The molecule has 2 aromatic rings. The van der Waals surface area contributed by atoms with Gasteiger partial charge in [0.05, 0.1) is 17.0 Å². The molecule has 0 radical (unpaired) electrons. The molecule has 134 valence electrons. The van der Waals surface area contributed by atoms with Gasteiger partial charge in [-0.25, -0.2) is 4.98 Å². The Kier molecular flexibility index (Phi) is 6.55. The molecule has 1 saturated heterocycles. The number of nitrogens with one attached hydrogen (secondary N) is 3. The first-order valence-electron chi connectivity index (χ1n) is 8.47. The van der Waals surface area contributed by atoms with E-state index in [0.717, 1.165) is 19.5 Å². The lowest BCUT2D eigenvalue weighted by atomic mass is 9.96. The van der Waals surface area contributed by atoms with Crippen LogP contribution in [0.1, 0.15) is 34.6 Å². The molecular weight excluding hydrogens is 356 g/mol. The summed E-state index contributed by atoms with van der Waals surface area (Å²) in [5.41, 5.74) is 0.684. The van der Waals surface area contributed by atoms with Crippen molar-refractivity contribution in [1.82, 2.24) is 15.6 Å². The molecule has 0 spiro atoms. The van der Waals surface area contributed by atoms with E-state index in [1.165, 1.54) is 35.5 Å². The molecule has 3 heterocycles. The Hall–Kier alpha value is -1.77. The number of carbonyl (C=O) groups is 2. The summed E-state index contributed by atoms with van der Waals surface area (Å²) in [4.78, 5) is 29.0. The lowest BCUT2D eigenvalue weighted by Gasteiger charge is -2.22. The van der Waals surface area contributed by atoms with E-state index < -0.39 is 0 Å². The number of aromatic nitrogens is 1. The molecule has 2 amide bonds. The molecule has 1 fully saturated rings. The second-order valence-electron chi connectivity index (χ2n) is 6.10. The Morgan fingerprint density at radius 3 is 3.04 bits per heavy atom. The van der Waals surface area contributed by atoms with Gasteiger partial charge in [-0.3, -0.25) is 14.9 Å². The van der Waals surface area contributed by atoms with Crippen LogP contribution in [0.2, 0.25) is 0 Å². The fourth-order valence-corrected chi connectivity index (χ4v) is 4.15. The molecule has 3 N–H and O–H groups in total. The van der Waals surface area contributed by atoms with E-state index in [4.69, 9.17) is 0 Å². The average Bonchev–Trinajstić information content (AvgIpc) is 3.28. The second-order valence-corrected chi connectivity index (χ2v) is 7.91. The van der Waals surface area contributed by atoms with Gasteiger partial charge in [0.15, 0.2) is 5.13 Å². The van der Waals surface area contributed by atoms with Crippen LogP contribution in [0.25, 0.3) is 0 Å². The summed E-state index contributed by atoms with van der Waals surface area (Å²) in [7, 11) is 0. The van der Waals surface area contributed by atoms with Crippen molar-refractivity contribution in [3.05, 3.63) is 33.5 Å². The first kappa shape index (κ1) is 18.0. The van der Waals surface area contributed by atoms with Gasteiger partial charge in [0.1, 0.15) is 0 Å². The number of piperidine rings is 1. The summed E-state index contributed by atoms with van der Waals surface area (Å²) in [6, 6.07) is 3.60. The van der Waals surface area contributed by atoms with Gasteiger partial charge in [0.2, 0.25) is 5.91 Å². The van der Waals surface area contributed by atoms with Gasteiger partial charge >= 0.3 is 0 Å². The Morgan fingerprint density at radius 2 is 2.28 bits per heavy atom. The number of nitrogens with zero attached hydrogens (tertiary/aromatic N) is 1. The molecule has 0 saturated carbocycles. The fourth-order valence-electron chi connectivity index (χ4n) is 2.83. The van der Waals surface area contributed by atoms with Crippen LogP contribution >= 0.6 is 22.7 Å². The summed E-state index contributed by atoms with van der Waals surface area (Å²) in [5.74, 6) is 0.471. The minimum absolute atomic E-state index is 0.0230. The molecule has 1 aliphatic heterocycles. The van der Waals surface area contributed by atoms with Crippen LogP contribution in [-0.2, 0) is 11.2 Å². The van der Waals surface area contributed by atoms with Gasteiger partial charge in [-0.2, -0.15) is 0 Å². The highest BCUT2D eigenvalue weighted by Gasteiger charge is 2.14. The van der Waals surface area contributed by atoms with Crippen molar-refractivity contribution in [2.75, 3.05) is 25.0 Å². The van der Waals surface area contributed by atoms with E-state index in [-0.39, 0.29) is 18.2 Å². The zero-order valence-electron chi connectivity index (χ0n) is 13.9. The van der Waals surface area contributed by atoms with Crippen LogP contribution in [0.15, 0.2) is 22.9 Å². The van der Waals surface area contributed by atoms with Crippen LogP contribution in [0.4, 0.5) is 5.13 Å². The number of rotatable bonds is 7. The SMILES string of the molecule is O=C(Cc1csc(NC(=O)c2cccs2)n1)NCCC1CCCNC1. The molecule has 0 aromatic carbocycles. The minimum Gasteiger partial charge on any atom is -0.356 e. The lowest BCUT2D eigenvalue weighted by Crippen LogP contribution is -2.33. The fraction of sp³-hybridized carbons (Fsp3) is 0.471. The molecule has 0 bridgehead atoms. The third kappa shape index (κ3) is 5.62. The van der Waals surface area contributed by atoms with Gasteiger partial charge in [0, 0.05) is 11.9 Å². The minimum atomic E-state index is -0.165. The largest absolute Gasteiger partial charge is 0.356 e. The van der Waals surface area contributed by atoms with Crippen molar-refractivity contribution in [2.24, 2.45) is 5.92 Å². The predicted molar refractivity (Wildman–Crippen MR) is 101 cm³/mol. The number of anilines is 1. The monoisotopic (exact) mass is 378 g/mol. The molecule has 0 aliphatic carbocycles. The van der Waals surface area contributed by atoms with Crippen molar-refractivity contribution in [3.8, 4) is 0 Å². The van der Waals surface area contributed by atoms with Crippen molar-refractivity contribution >= 4 is 39.6 Å². The van der Waals surface area contributed by atoms with E-state index in [0.29, 0.717) is 28.2 Å². The molecule has 6 nitrogen and oxygen atoms in total. The topological polar surface area (TPSA) is 83.1 Å². The van der Waals surface area contributed by atoms with Crippen molar-refractivity contribution in [2.45, 2.75) is 25.7 Å². The first-order valence-corrected chi connectivity index (χ1v) is 10.2. The standard InChI is InChI=1S/C17H22N4O2S2/c22-15(19-7-5-12-3-1-6-18-10-12)9-13-11-25-17(20-13)21-16(23)14-4-2-8-24-14/h2,4,8,11-12,18H,1,3,5-7,9-10H2,(H,19,22)(H,20,21,23). The van der Waals surface area contributed by atoms with Crippen LogP contribution in [-0.4, -0.2) is 36.4 Å². The molecular formula is C17H22N4O2S2. The van der Waals surface area contributed by atoms with E-state index in [1.807, 2.05) is 16.8 Å². The molecule has 1 unspecified atom stereocenters. The maximum absolute atomic E-state index is 12.0. The molecule has 3 rings (SSSR count). The van der Waals surface area contributed by atoms with E-state index in [2.05, 4.69) is 20.9 Å². The van der Waals surface area contributed by atoms with Gasteiger partial charge < -0.3 is 10.6 Å². The highest BCUT2D eigenvalue weighted by molar-refractivity contribution is 7.14. The zero-order chi connectivity index (χ0) is 17.5. The average molecular weight is 379 g/mol. The lowest BCUT2D eigenvalue weighted by molar-refractivity contribution is -0.120. The highest BCUT2D eigenvalue weighted by Crippen LogP contribution is 2.18. The molecule has 1 atom stereocenters. The summed E-state index contributed by atoms with van der Waals surface area (Å²) in [5, 5.41) is 13.3. The van der Waals surface area contributed by atoms with Gasteiger partial charge in [0.25, 0.3) is 5.91 Å². The Labute approximate surface area is 155 Å². The van der Waals surface area contributed by atoms with Crippen molar-refractivity contribution in [1.29, 1.82) is 0 Å². The number of carbonyl (C=O) groups excluding carboxylic acids is 2. The highest BCUT2D eigenvalue weighted by atomic mass is 32.1. The number of thiazole rings is 1. The third-order valence-corrected chi connectivity index (χ3v) is 5.81. The summed E-state index contributed by atoms with van der Waals surface area (Å²) in [6.07, 6.45) is 3.71. The van der Waals surface area contributed by atoms with Crippen LogP contribution < -0.4 is 16.0 Å². The summed E-state index contributed by atoms with van der Waals surface area (Å²) in [6.45, 7) is 2.87. The summed E-state index contributed by atoms with van der Waals surface area (Å²) < 4.78 is 0. The predicted octanol–water partition coefficient (Wildman–Crippen LogP) is 2.51. The molecule has 25 heavy (non-hydrogen) atoms. The number of hydrogen-bond acceptors (Lipinski definition) is 6. The van der Waals surface area contributed by atoms with Crippen LogP contribution in [0, 0.1) is 5.92 Å². The first-order chi connectivity index (χ1) is 12.2. The summed E-state index contributed by atoms with van der Waals surface area (Å²) >= 11 is 2.72. The second kappa shape index (κ2) is 9.07. The van der Waals surface area contributed by atoms with Gasteiger partial charge in [-0.1, -0.05) is 6.07 Å². The quantitative estimate of drug-likeness (QED) is 0.691. The maximum Gasteiger partial charge on any atom is 0.267 e.